The van der Waals surface area contributed by atoms with Crippen LogP contribution in [0.15, 0.2) is 0 Å². The van der Waals surface area contributed by atoms with Crippen molar-refractivity contribution >= 4 is 17.8 Å². The van der Waals surface area contributed by atoms with Crippen molar-refractivity contribution in [3.63, 3.8) is 0 Å². The smallest absolute Gasteiger partial charge is 0.340 e. The fourth-order valence-corrected chi connectivity index (χ4v) is 2.50. The Morgan fingerprint density at radius 1 is 1.35 bits per heavy atom. The van der Waals surface area contributed by atoms with E-state index < -0.39 is 23.6 Å². The first kappa shape index (κ1) is 14.7. The minimum absolute atomic E-state index is 0.0887. The number of hydrogen-bond acceptors (Lipinski definition) is 7. The highest BCUT2D eigenvalue weighted by Gasteiger charge is 2.53. The Labute approximate surface area is 116 Å². The van der Waals surface area contributed by atoms with E-state index in [0.29, 0.717) is 13.1 Å². The average Bonchev–Trinajstić information content (AvgIpc) is 2.79. The van der Waals surface area contributed by atoms with Crippen LogP contribution < -0.4 is 0 Å². The maximum atomic E-state index is 12.3. The molecule has 0 aromatic rings. The van der Waals surface area contributed by atoms with E-state index in [9.17, 15) is 14.4 Å². The number of esters is 2. The van der Waals surface area contributed by atoms with E-state index in [-0.39, 0.29) is 18.9 Å². The van der Waals surface area contributed by atoms with Gasteiger partial charge in [0.2, 0.25) is 5.91 Å². The van der Waals surface area contributed by atoms with E-state index in [1.807, 2.05) is 0 Å². The molecule has 2 rings (SSSR count). The Balaban J connectivity index is 2.08. The highest BCUT2D eigenvalue weighted by Crippen LogP contribution is 2.34. The summed E-state index contributed by atoms with van der Waals surface area (Å²) in [5.41, 5.74) is -1.16. The highest BCUT2D eigenvalue weighted by atomic mass is 16.7. The SMILES string of the molecule is COC(=O)CN1CCN2O[C@](C)(C(=O)OC)C[C@H]2C1=O. The Morgan fingerprint density at radius 3 is 2.65 bits per heavy atom. The first-order valence-electron chi connectivity index (χ1n) is 6.31. The van der Waals surface area contributed by atoms with Crippen LogP contribution in [0.4, 0.5) is 0 Å². The molecule has 2 fully saturated rings. The predicted octanol–water partition coefficient (Wildman–Crippen LogP) is -1.06. The lowest BCUT2D eigenvalue weighted by molar-refractivity contribution is -0.222. The zero-order valence-corrected chi connectivity index (χ0v) is 11.7. The summed E-state index contributed by atoms with van der Waals surface area (Å²) < 4.78 is 9.26. The quantitative estimate of drug-likeness (QED) is 0.611. The number of rotatable bonds is 3. The first-order valence-corrected chi connectivity index (χ1v) is 6.31. The van der Waals surface area contributed by atoms with Crippen molar-refractivity contribution in [3.8, 4) is 0 Å². The van der Waals surface area contributed by atoms with Crippen molar-refractivity contribution in [3.05, 3.63) is 0 Å². The number of fused-ring (bicyclic) bond motifs is 1. The summed E-state index contributed by atoms with van der Waals surface area (Å²) in [5, 5.41) is 1.49. The molecule has 2 atom stereocenters. The second kappa shape index (κ2) is 5.37. The van der Waals surface area contributed by atoms with Crippen LogP contribution in [0.2, 0.25) is 0 Å². The molecule has 112 valence electrons. The number of methoxy groups -OCH3 is 2. The Morgan fingerprint density at radius 2 is 2.05 bits per heavy atom. The van der Waals surface area contributed by atoms with Crippen molar-refractivity contribution in [1.82, 2.24) is 9.96 Å². The van der Waals surface area contributed by atoms with E-state index in [1.54, 1.807) is 6.92 Å². The van der Waals surface area contributed by atoms with Crippen LogP contribution >= 0.6 is 0 Å². The third-order valence-corrected chi connectivity index (χ3v) is 3.60. The van der Waals surface area contributed by atoms with E-state index in [4.69, 9.17) is 9.57 Å². The van der Waals surface area contributed by atoms with E-state index in [0.717, 1.165) is 0 Å². The lowest BCUT2D eigenvalue weighted by Crippen LogP contribution is -2.55. The fourth-order valence-electron chi connectivity index (χ4n) is 2.50. The molecule has 0 spiro atoms. The van der Waals surface area contributed by atoms with E-state index in [2.05, 4.69) is 4.74 Å². The van der Waals surface area contributed by atoms with Crippen molar-refractivity contribution < 1.29 is 28.7 Å². The average molecular weight is 286 g/mol. The van der Waals surface area contributed by atoms with E-state index in [1.165, 1.54) is 24.2 Å². The van der Waals surface area contributed by atoms with Crippen LogP contribution in [0.25, 0.3) is 0 Å². The molecule has 2 saturated heterocycles. The lowest BCUT2D eigenvalue weighted by atomic mass is 9.97. The summed E-state index contributed by atoms with van der Waals surface area (Å²) in [7, 11) is 2.55. The van der Waals surface area contributed by atoms with Crippen LogP contribution in [0.3, 0.4) is 0 Å². The summed E-state index contributed by atoms with van der Waals surface area (Å²) in [6, 6.07) is -0.572. The highest BCUT2D eigenvalue weighted by molar-refractivity contribution is 5.88. The summed E-state index contributed by atoms with van der Waals surface area (Å²) in [6.07, 6.45) is 0.205. The van der Waals surface area contributed by atoms with Gasteiger partial charge in [-0.25, -0.2) is 4.79 Å². The standard InChI is InChI=1S/C12H18N2O6/c1-12(11(17)19-3)6-8-10(16)13(7-9(15)18-2)4-5-14(8)20-12/h8H,4-7H2,1-3H3/t8-,12-/m0/s1. The van der Waals surface area contributed by atoms with Gasteiger partial charge in [0.1, 0.15) is 12.6 Å². The van der Waals surface area contributed by atoms with Gasteiger partial charge in [-0.3, -0.25) is 14.4 Å². The molecule has 8 nitrogen and oxygen atoms in total. The molecule has 0 N–H and O–H groups in total. The minimum atomic E-state index is -1.16. The third-order valence-electron chi connectivity index (χ3n) is 3.60. The van der Waals surface area contributed by atoms with Gasteiger partial charge in [0.25, 0.3) is 0 Å². The summed E-state index contributed by atoms with van der Waals surface area (Å²) in [4.78, 5) is 42.3. The van der Waals surface area contributed by atoms with Gasteiger partial charge in [0, 0.05) is 19.5 Å². The van der Waals surface area contributed by atoms with Gasteiger partial charge < -0.3 is 14.4 Å². The van der Waals surface area contributed by atoms with E-state index >= 15 is 0 Å². The summed E-state index contributed by atoms with van der Waals surface area (Å²) >= 11 is 0. The number of piperazine rings is 1. The maximum absolute atomic E-state index is 12.3. The monoisotopic (exact) mass is 286 g/mol. The molecule has 0 saturated carbocycles. The van der Waals surface area contributed by atoms with Gasteiger partial charge >= 0.3 is 11.9 Å². The topological polar surface area (TPSA) is 85.4 Å². The number of amides is 1. The number of hydroxylamine groups is 2. The maximum Gasteiger partial charge on any atom is 0.340 e. The lowest BCUT2D eigenvalue weighted by Gasteiger charge is -2.34. The van der Waals surface area contributed by atoms with Crippen molar-refractivity contribution in [2.75, 3.05) is 33.9 Å². The van der Waals surface area contributed by atoms with Gasteiger partial charge in [-0.2, -0.15) is 5.06 Å². The minimum Gasteiger partial charge on any atom is -0.468 e. The number of nitrogens with zero attached hydrogens (tertiary/aromatic N) is 2. The van der Waals surface area contributed by atoms with Gasteiger partial charge in [-0.15, -0.1) is 0 Å². The normalized spacial score (nSPS) is 30.1. The number of ether oxygens (including phenoxy) is 2. The molecule has 20 heavy (non-hydrogen) atoms. The van der Waals surface area contributed by atoms with Crippen molar-refractivity contribution in [2.24, 2.45) is 0 Å². The van der Waals surface area contributed by atoms with Crippen LogP contribution in [0.5, 0.6) is 0 Å². The zero-order valence-electron chi connectivity index (χ0n) is 11.7. The van der Waals surface area contributed by atoms with Gasteiger partial charge in [-0.05, 0) is 6.92 Å². The van der Waals surface area contributed by atoms with Gasteiger partial charge in [0.15, 0.2) is 5.60 Å². The van der Waals surface area contributed by atoms with Crippen LogP contribution in [0, 0.1) is 0 Å². The number of carbonyl (C=O) groups excluding carboxylic acids is 3. The third kappa shape index (κ3) is 2.48. The molecular formula is C12H18N2O6. The fraction of sp³-hybridized carbons (Fsp3) is 0.750. The first-order chi connectivity index (χ1) is 9.41. The van der Waals surface area contributed by atoms with Gasteiger partial charge in [-0.1, -0.05) is 0 Å². The number of carbonyl (C=O) groups is 3. The van der Waals surface area contributed by atoms with Crippen LogP contribution in [-0.4, -0.2) is 73.3 Å². The Bertz CT molecular complexity index is 440. The molecule has 0 radical (unpaired) electrons. The van der Waals surface area contributed by atoms with Gasteiger partial charge in [0.05, 0.1) is 14.2 Å². The largest absolute Gasteiger partial charge is 0.468 e. The molecule has 0 unspecified atom stereocenters. The number of hydrogen-bond donors (Lipinski definition) is 0. The molecule has 0 aliphatic carbocycles. The Hall–Kier alpha value is -1.67. The molecule has 8 heteroatoms. The molecule has 0 aromatic carbocycles. The zero-order chi connectivity index (χ0) is 14.9. The van der Waals surface area contributed by atoms with Crippen molar-refractivity contribution in [1.29, 1.82) is 0 Å². The predicted molar refractivity (Wildman–Crippen MR) is 65.2 cm³/mol. The molecule has 2 aliphatic rings. The molecular weight excluding hydrogens is 268 g/mol. The van der Waals surface area contributed by atoms with Crippen molar-refractivity contribution in [2.45, 2.75) is 25.0 Å². The Kier molecular flexibility index (Phi) is 3.96. The molecule has 0 aromatic heterocycles. The summed E-state index contributed by atoms with van der Waals surface area (Å²) in [5.74, 6) is -1.23. The van der Waals surface area contributed by atoms with Crippen LogP contribution in [-0.2, 0) is 28.7 Å². The summed E-state index contributed by atoms with van der Waals surface area (Å²) in [6.45, 7) is 2.28. The molecule has 0 bridgehead atoms. The molecule has 1 amide bonds. The second-order valence-corrected chi connectivity index (χ2v) is 5.01. The second-order valence-electron chi connectivity index (χ2n) is 5.01. The molecule has 2 heterocycles. The van der Waals surface area contributed by atoms with Crippen LogP contribution in [0.1, 0.15) is 13.3 Å². The molecule has 2 aliphatic heterocycles.